The summed E-state index contributed by atoms with van der Waals surface area (Å²) >= 11 is 1.48. The molecule has 0 saturated carbocycles. The third-order valence-corrected chi connectivity index (χ3v) is 5.90. The van der Waals surface area contributed by atoms with Gasteiger partial charge in [-0.2, -0.15) is 4.98 Å². The molecule has 2 aromatic heterocycles. The fraction of sp³-hybridized carbons (Fsp3) is 0.368. The van der Waals surface area contributed by atoms with E-state index in [0.29, 0.717) is 18.3 Å². The summed E-state index contributed by atoms with van der Waals surface area (Å²) in [7, 11) is 0. The Kier molecular flexibility index (Phi) is 4.55. The molecule has 1 aromatic carbocycles. The molecule has 4 rings (SSSR count). The maximum Gasteiger partial charge on any atom is 0.266 e. The molecule has 3 aromatic rings. The monoisotopic (exact) mass is 368 g/mol. The van der Waals surface area contributed by atoms with Gasteiger partial charge < -0.3 is 9.42 Å². The Hall–Kier alpha value is -2.54. The van der Waals surface area contributed by atoms with E-state index in [1.807, 2.05) is 42.2 Å². The van der Waals surface area contributed by atoms with Crippen LogP contribution in [0.3, 0.4) is 0 Å². The predicted molar refractivity (Wildman–Crippen MR) is 99.0 cm³/mol. The SMILES string of the molecule is CCc1nc(C)c(C(=O)N2CCC[C@H]2c2nc(-c3ccccc3)no2)s1. The van der Waals surface area contributed by atoms with Crippen LogP contribution in [0.4, 0.5) is 0 Å². The molecule has 3 heterocycles. The smallest absolute Gasteiger partial charge is 0.266 e. The van der Waals surface area contributed by atoms with E-state index in [1.165, 1.54) is 11.3 Å². The van der Waals surface area contributed by atoms with Gasteiger partial charge in [0.15, 0.2) is 0 Å². The molecule has 1 atom stereocenters. The summed E-state index contributed by atoms with van der Waals surface area (Å²) in [5.74, 6) is 1.08. The lowest BCUT2D eigenvalue weighted by molar-refractivity contribution is 0.0714. The van der Waals surface area contributed by atoms with Crippen molar-refractivity contribution in [3.8, 4) is 11.4 Å². The van der Waals surface area contributed by atoms with Gasteiger partial charge in [0.05, 0.1) is 10.7 Å². The topological polar surface area (TPSA) is 72.1 Å². The Labute approximate surface area is 155 Å². The minimum Gasteiger partial charge on any atom is -0.337 e. The van der Waals surface area contributed by atoms with Crippen molar-refractivity contribution in [2.75, 3.05) is 6.54 Å². The number of likely N-dealkylation sites (tertiary alicyclic amines) is 1. The second-order valence-electron chi connectivity index (χ2n) is 6.35. The van der Waals surface area contributed by atoms with Crippen molar-refractivity contribution in [2.45, 2.75) is 39.2 Å². The molecule has 7 heteroatoms. The molecule has 1 fully saturated rings. The second kappa shape index (κ2) is 6.99. The van der Waals surface area contributed by atoms with E-state index < -0.39 is 0 Å². The fourth-order valence-corrected chi connectivity index (χ4v) is 4.23. The van der Waals surface area contributed by atoms with E-state index in [0.717, 1.165) is 40.4 Å². The summed E-state index contributed by atoms with van der Waals surface area (Å²) in [6.45, 7) is 4.65. The van der Waals surface area contributed by atoms with Crippen molar-refractivity contribution in [1.82, 2.24) is 20.0 Å². The normalized spacial score (nSPS) is 17.0. The van der Waals surface area contributed by atoms with Gasteiger partial charge in [0, 0.05) is 12.1 Å². The number of aryl methyl sites for hydroxylation is 2. The number of carbonyl (C=O) groups excluding carboxylic acids is 1. The minimum atomic E-state index is -0.168. The number of benzene rings is 1. The van der Waals surface area contributed by atoms with E-state index in [2.05, 4.69) is 22.0 Å². The molecular weight excluding hydrogens is 348 g/mol. The van der Waals surface area contributed by atoms with Crippen LogP contribution in [0, 0.1) is 6.92 Å². The van der Waals surface area contributed by atoms with Crippen LogP contribution in [-0.4, -0.2) is 32.5 Å². The Morgan fingerprint density at radius 2 is 2.12 bits per heavy atom. The zero-order valence-electron chi connectivity index (χ0n) is 14.8. The van der Waals surface area contributed by atoms with Crippen LogP contribution in [0.2, 0.25) is 0 Å². The van der Waals surface area contributed by atoms with Crippen LogP contribution in [0.15, 0.2) is 34.9 Å². The highest BCUT2D eigenvalue weighted by molar-refractivity contribution is 7.13. The summed E-state index contributed by atoms with van der Waals surface area (Å²) < 4.78 is 5.51. The highest BCUT2D eigenvalue weighted by Crippen LogP contribution is 2.34. The average molecular weight is 368 g/mol. The zero-order chi connectivity index (χ0) is 18.1. The highest BCUT2D eigenvalue weighted by Gasteiger charge is 2.36. The van der Waals surface area contributed by atoms with Gasteiger partial charge in [-0.1, -0.05) is 42.4 Å². The molecule has 0 N–H and O–H groups in total. The van der Waals surface area contributed by atoms with Gasteiger partial charge in [0.2, 0.25) is 11.7 Å². The first kappa shape index (κ1) is 16.9. The summed E-state index contributed by atoms with van der Waals surface area (Å²) in [6, 6.07) is 9.55. The summed E-state index contributed by atoms with van der Waals surface area (Å²) in [5, 5.41) is 5.09. The summed E-state index contributed by atoms with van der Waals surface area (Å²) in [4.78, 5) is 24.7. The van der Waals surface area contributed by atoms with Crippen molar-refractivity contribution in [1.29, 1.82) is 0 Å². The average Bonchev–Trinajstić information content (AvgIpc) is 3.40. The Morgan fingerprint density at radius 3 is 2.85 bits per heavy atom. The maximum absolute atomic E-state index is 13.1. The molecule has 6 nitrogen and oxygen atoms in total. The van der Waals surface area contributed by atoms with Crippen molar-refractivity contribution in [2.24, 2.45) is 0 Å². The predicted octanol–water partition coefficient (Wildman–Crippen LogP) is 4.04. The van der Waals surface area contributed by atoms with Gasteiger partial charge in [-0.25, -0.2) is 4.98 Å². The Bertz CT molecular complexity index is 919. The van der Waals surface area contributed by atoms with Crippen molar-refractivity contribution >= 4 is 17.2 Å². The first-order valence-corrected chi connectivity index (χ1v) is 9.65. The Balaban J connectivity index is 1.60. The second-order valence-corrected chi connectivity index (χ2v) is 7.44. The highest BCUT2D eigenvalue weighted by atomic mass is 32.1. The van der Waals surface area contributed by atoms with Crippen molar-refractivity contribution < 1.29 is 9.32 Å². The number of amides is 1. The number of carbonyl (C=O) groups is 1. The number of thiazole rings is 1. The van der Waals surface area contributed by atoms with Crippen LogP contribution in [0.25, 0.3) is 11.4 Å². The summed E-state index contributed by atoms with van der Waals surface area (Å²) in [5.41, 5.74) is 1.71. The van der Waals surface area contributed by atoms with E-state index in [4.69, 9.17) is 4.52 Å². The minimum absolute atomic E-state index is 0.0154. The number of rotatable bonds is 4. The fourth-order valence-electron chi connectivity index (χ4n) is 3.27. The van der Waals surface area contributed by atoms with Gasteiger partial charge in [-0.3, -0.25) is 4.79 Å². The zero-order valence-corrected chi connectivity index (χ0v) is 15.6. The molecule has 0 spiro atoms. The van der Waals surface area contributed by atoms with E-state index in [-0.39, 0.29) is 11.9 Å². The third kappa shape index (κ3) is 3.03. The summed E-state index contributed by atoms with van der Waals surface area (Å²) in [6.07, 6.45) is 2.60. The molecule has 1 amide bonds. The molecule has 134 valence electrons. The molecule has 1 aliphatic rings. The lowest BCUT2D eigenvalue weighted by Gasteiger charge is -2.21. The molecule has 0 unspecified atom stereocenters. The van der Waals surface area contributed by atoms with Crippen LogP contribution in [0.1, 0.15) is 52.1 Å². The lowest BCUT2D eigenvalue weighted by Crippen LogP contribution is -2.30. The Morgan fingerprint density at radius 1 is 1.31 bits per heavy atom. The van der Waals surface area contributed by atoms with Crippen LogP contribution in [0.5, 0.6) is 0 Å². The molecule has 1 aliphatic heterocycles. The van der Waals surface area contributed by atoms with E-state index >= 15 is 0 Å². The van der Waals surface area contributed by atoms with Gasteiger partial charge >= 0.3 is 0 Å². The quantitative estimate of drug-likeness (QED) is 0.695. The largest absolute Gasteiger partial charge is 0.337 e. The van der Waals surface area contributed by atoms with Gasteiger partial charge in [0.1, 0.15) is 10.9 Å². The van der Waals surface area contributed by atoms with Gasteiger partial charge in [-0.15, -0.1) is 11.3 Å². The lowest BCUT2D eigenvalue weighted by atomic mass is 10.2. The van der Waals surface area contributed by atoms with Crippen molar-refractivity contribution in [3.05, 3.63) is 51.8 Å². The number of hydrogen-bond acceptors (Lipinski definition) is 6. The number of hydrogen-bond donors (Lipinski definition) is 0. The molecule has 1 saturated heterocycles. The van der Waals surface area contributed by atoms with Crippen molar-refractivity contribution in [3.63, 3.8) is 0 Å². The number of nitrogens with zero attached hydrogens (tertiary/aromatic N) is 4. The van der Waals surface area contributed by atoms with Crippen LogP contribution < -0.4 is 0 Å². The van der Waals surface area contributed by atoms with E-state index in [9.17, 15) is 4.79 Å². The molecule has 0 bridgehead atoms. The first-order valence-electron chi connectivity index (χ1n) is 8.83. The van der Waals surface area contributed by atoms with Gasteiger partial charge in [-0.05, 0) is 26.2 Å². The van der Waals surface area contributed by atoms with E-state index in [1.54, 1.807) is 0 Å². The third-order valence-electron chi connectivity index (χ3n) is 4.61. The molecule has 26 heavy (non-hydrogen) atoms. The van der Waals surface area contributed by atoms with Gasteiger partial charge in [0.25, 0.3) is 5.91 Å². The number of aromatic nitrogens is 3. The van der Waals surface area contributed by atoms with Crippen LogP contribution >= 0.6 is 11.3 Å². The van der Waals surface area contributed by atoms with Crippen LogP contribution in [-0.2, 0) is 6.42 Å². The molecular formula is C19H20N4O2S. The molecule has 0 radical (unpaired) electrons. The first-order chi connectivity index (χ1) is 12.7. The standard InChI is InChI=1S/C19H20N4O2S/c1-3-15-20-12(2)16(26-15)19(24)23-11-7-10-14(23)18-21-17(22-25-18)13-8-5-4-6-9-13/h4-6,8-9,14H,3,7,10-11H2,1-2H3/t14-/m0/s1. The molecule has 0 aliphatic carbocycles. The maximum atomic E-state index is 13.1.